The molecule has 0 aliphatic carbocycles. The van der Waals surface area contributed by atoms with Gasteiger partial charge in [0.15, 0.2) is 0 Å². The summed E-state index contributed by atoms with van der Waals surface area (Å²) in [7, 11) is 0. The molecule has 0 radical (unpaired) electrons. The molecule has 0 saturated carbocycles. The van der Waals surface area contributed by atoms with Crippen molar-refractivity contribution in [3.63, 3.8) is 0 Å². The van der Waals surface area contributed by atoms with Gasteiger partial charge in [0.25, 0.3) is 0 Å². The minimum Gasteiger partial charge on any atom is -0.393 e. The summed E-state index contributed by atoms with van der Waals surface area (Å²) in [6.45, 7) is 1.83. The molecule has 1 aromatic rings. The molecule has 1 nitrogen and oxygen atoms in total. The largest absolute Gasteiger partial charge is 0.393 e. The molecule has 0 spiro atoms. The van der Waals surface area contributed by atoms with Crippen molar-refractivity contribution in [1.29, 1.82) is 0 Å². The van der Waals surface area contributed by atoms with E-state index < -0.39 is 0 Å². The van der Waals surface area contributed by atoms with Crippen LogP contribution in [0.1, 0.15) is 13.3 Å². The van der Waals surface area contributed by atoms with Gasteiger partial charge >= 0.3 is 0 Å². The Morgan fingerprint density at radius 3 is 3.09 bits per heavy atom. The van der Waals surface area contributed by atoms with E-state index in [9.17, 15) is 0 Å². The zero-order valence-electron chi connectivity index (χ0n) is 6.49. The fourth-order valence-corrected chi connectivity index (χ4v) is 2.65. The first kappa shape index (κ1) is 9.10. The summed E-state index contributed by atoms with van der Waals surface area (Å²) in [6, 6.07) is 4.16. The van der Waals surface area contributed by atoms with Gasteiger partial charge in [-0.2, -0.15) is 0 Å². The maximum Gasteiger partial charge on any atom is 0.0598 e. The first-order chi connectivity index (χ1) is 5.29. The van der Waals surface area contributed by atoms with Gasteiger partial charge in [-0.05, 0) is 24.8 Å². The third-order valence-electron chi connectivity index (χ3n) is 1.28. The Labute approximate surface area is 75.4 Å². The molecular weight excluding hydrogens is 176 g/mol. The van der Waals surface area contributed by atoms with Crippen LogP contribution in [0.2, 0.25) is 0 Å². The highest BCUT2D eigenvalue weighted by molar-refractivity contribution is 8.01. The summed E-state index contributed by atoms with van der Waals surface area (Å²) in [6.07, 6.45) is 0.713. The number of hydrogen-bond donors (Lipinski definition) is 1. The minimum absolute atomic E-state index is 0.164. The molecule has 0 fully saturated rings. The molecule has 0 aliphatic rings. The second-order valence-corrected chi connectivity index (χ2v) is 4.76. The number of hydrogen-bond acceptors (Lipinski definition) is 3. The molecule has 1 atom stereocenters. The second kappa shape index (κ2) is 4.80. The van der Waals surface area contributed by atoms with Crippen molar-refractivity contribution in [2.45, 2.75) is 23.7 Å². The molecule has 0 aliphatic heterocycles. The molecule has 0 aromatic carbocycles. The average molecular weight is 188 g/mol. The molecule has 3 heteroatoms. The second-order valence-electron chi connectivity index (χ2n) is 2.42. The summed E-state index contributed by atoms with van der Waals surface area (Å²) in [5.74, 6) is 1.01. The van der Waals surface area contributed by atoms with Crippen molar-refractivity contribution < 1.29 is 5.11 Å². The maximum absolute atomic E-state index is 8.97. The Morgan fingerprint density at radius 2 is 2.55 bits per heavy atom. The summed E-state index contributed by atoms with van der Waals surface area (Å²) in [4.78, 5) is 0. The predicted molar refractivity (Wildman–Crippen MR) is 51.3 cm³/mol. The van der Waals surface area contributed by atoms with Gasteiger partial charge in [-0.3, -0.25) is 0 Å². The highest BCUT2D eigenvalue weighted by Crippen LogP contribution is 2.23. The third-order valence-corrected chi connectivity index (χ3v) is 3.44. The highest BCUT2D eigenvalue weighted by atomic mass is 32.2. The quantitative estimate of drug-likeness (QED) is 0.733. The standard InChI is InChI=1S/C8H12OS2/c1-7(9)4-6-11-8-3-2-5-10-8/h2-3,5,7,9H,4,6H2,1H3. The zero-order valence-corrected chi connectivity index (χ0v) is 8.12. The molecule has 1 rings (SSSR count). The summed E-state index contributed by atoms with van der Waals surface area (Å²) >= 11 is 3.57. The molecule has 0 saturated heterocycles. The molecular formula is C8H12OS2. The zero-order chi connectivity index (χ0) is 8.10. The molecule has 11 heavy (non-hydrogen) atoms. The van der Waals surface area contributed by atoms with Crippen LogP contribution in [0, 0.1) is 0 Å². The molecule has 1 heterocycles. The van der Waals surface area contributed by atoms with Crippen LogP contribution in [0.3, 0.4) is 0 Å². The Morgan fingerprint density at radius 1 is 1.73 bits per heavy atom. The van der Waals surface area contributed by atoms with E-state index in [0.717, 1.165) is 12.2 Å². The smallest absolute Gasteiger partial charge is 0.0598 e. The van der Waals surface area contributed by atoms with E-state index in [1.165, 1.54) is 4.21 Å². The maximum atomic E-state index is 8.97. The van der Waals surface area contributed by atoms with Crippen LogP contribution < -0.4 is 0 Å². The molecule has 1 aromatic heterocycles. The van der Waals surface area contributed by atoms with E-state index >= 15 is 0 Å². The number of aliphatic hydroxyl groups excluding tert-OH is 1. The summed E-state index contributed by atoms with van der Waals surface area (Å²) in [5.41, 5.74) is 0. The van der Waals surface area contributed by atoms with Gasteiger partial charge in [0.2, 0.25) is 0 Å². The van der Waals surface area contributed by atoms with Gasteiger partial charge in [-0.1, -0.05) is 6.07 Å². The van der Waals surface area contributed by atoms with Crippen LogP contribution in [0.15, 0.2) is 21.7 Å². The normalized spacial score (nSPS) is 13.3. The van der Waals surface area contributed by atoms with Crippen molar-refractivity contribution in [2.24, 2.45) is 0 Å². The van der Waals surface area contributed by atoms with Gasteiger partial charge in [-0.25, -0.2) is 0 Å². The first-order valence-electron chi connectivity index (χ1n) is 3.63. The van der Waals surface area contributed by atoms with E-state index in [1.807, 2.05) is 18.7 Å². The highest BCUT2D eigenvalue weighted by Gasteiger charge is 1.97. The Bertz CT molecular complexity index is 182. The summed E-state index contributed by atoms with van der Waals surface area (Å²) < 4.78 is 1.34. The van der Waals surface area contributed by atoms with Crippen LogP contribution in [-0.4, -0.2) is 17.0 Å². The van der Waals surface area contributed by atoms with Crippen LogP contribution >= 0.6 is 23.1 Å². The molecule has 0 bridgehead atoms. The van der Waals surface area contributed by atoms with Gasteiger partial charge in [0, 0.05) is 5.75 Å². The molecule has 0 amide bonds. The fourth-order valence-electron chi connectivity index (χ4n) is 0.676. The Hall–Kier alpha value is 0.01000. The third kappa shape index (κ3) is 3.79. The van der Waals surface area contributed by atoms with Crippen LogP contribution in [0.5, 0.6) is 0 Å². The van der Waals surface area contributed by atoms with Crippen LogP contribution in [0.25, 0.3) is 0 Å². The lowest BCUT2D eigenvalue weighted by atomic mass is 10.3. The van der Waals surface area contributed by atoms with Crippen molar-refractivity contribution in [3.8, 4) is 0 Å². The molecule has 1 unspecified atom stereocenters. The minimum atomic E-state index is -0.164. The fraction of sp³-hybridized carbons (Fsp3) is 0.500. The lowest BCUT2D eigenvalue weighted by Gasteiger charge is -2.00. The molecule has 62 valence electrons. The lowest BCUT2D eigenvalue weighted by Crippen LogP contribution is -1.99. The van der Waals surface area contributed by atoms with E-state index in [-0.39, 0.29) is 6.10 Å². The lowest BCUT2D eigenvalue weighted by molar-refractivity contribution is 0.192. The van der Waals surface area contributed by atoms with E-state index in [0.29, 0.717) is 0 Å². The summed E-state index contributed by atoms with van der Waals surface area (Å²) in [5, 5.41) is 11.0. The number of thiophene rings is 1. The van der Waals surface area contributed by atoms with Crippen molar-refractivity contribution in [1.82, 2.24) is 0 Å². The Balaban J connectivity index is 2.14. The predicted octanol–water partition coefficient (Wildman–Crippen LogP) is 2.61. The number of rotatable bonds is 4. The topological polar surface area (TPSA) is 20.2 Å². The van der Waals surface area contributed by atoms with Gasteiger partial charge < -0.3 is 5.11 Å². The van der Waals surface area contributed by atoms with Crippen molar-refractivity contribution in [2.75, 3.05) is 5.75 Å². The number of aliphatic hydroxyl groups is 1. The van der Waals surface area contributed by atoms with Crippen LogP contribution in [-0.2, 0) is 0 Å². The monoisotopic (exact) mass is 188 g/mol. The van der Waals surface area contributed by atoms with E-state index in [4.69, 9.17) is 5.11 Å². The number of thioether (sulfide) groups is 1. The molecule has 1 N–H and O–H groups in total. The first-order valence-corrected chi connectivity index (χ1v) is 5.50. The van der Waals surface area contributed by atoms with Gasteiger partial charge in [0.1, 0.15) is 0 Å². The Kier molecular flexibility index (Phi) is 3.97. The average Bonchev–Trinajstić information content (AvgIpc) is 2.39. The van der Waals surface area contributed by atoms with Gasteiger partial charge in [-0.15, -0.1) is 23.1 Å². The SMILES string of the molecule is CC(O)CCSc1cccs1. The van der Waals surface area contributed by atoms with Gasteiger partial charge in [0.05, 0.1) is 10.3 Å². The van der Waals surface area contributed by atoms with E-state index in [2.05, 4.69) is 17.5 Å². The van der Waals surface area contributed by atoms with Crippen LogP contribution in [0.4, 0.5) is 0 Å². The van der Waals surface area contributed by atoms with E-state index in [1.54, 1.807) is 11.3 Å². The van der Waals surface area contributed by atoms with Crippen molar-refractivity contribution >= 4 is 23.1 Å². The van der Waals surface area contributed by atoms with Crippen molar-refractivity contribution in [3.05, 3.63) is 17.5 Å².